The highest BCUT2D eigenvalue weighted by molar-refractivity contribution is 5.93. The second-order valence-electron chi connectivity index (χ2n) is 7.36. The highest BCUT2D eigenvalue weighted by Gasteiger charge is 2.25. The van der Waals surface area contributed by atoms with E-state index >= 15 is 0 Å². The Morgan fingerprint density at radius 1 is 1.07 bits per heavy atom. The molecule has 0 bridgehead atoms. The van der Waals surface area contributed by atoms with Gasteiger partial charge in [-0.1, -0.05) is 44.2 Å². The summed E-state index contributed by atoms with van der Waals surface area (Å²) >= 11 is 0. The monoisotopic (exact) mass is 380 g/mol. The first-order valence-corrected chi connectivity index (χ1v) is 9.48. The van der Waals surface area contributed by atoms with Gasteiger partial charge in [0.2, 0.25) is 5.88 Å². The third-order valence-corrected chi connectivity index (χ3v) is 4.75. The fraction of sp³-hybridized carbons (Fsp3) is 0.381. The number of hydrogen-bond donors (Lipinski definition) is 2. The van der Waals surface area contributed by atoms with Gasteiger partial charge in [0, 0.05) is 35.4 Å². The van der Waals surface area contributed by atoms with E-state index in [1.165, 1.54) is 0 Å². The van der Waals surface area contributed by atoms with Gasteiger partial charge in [0.15, 0.2) is 12.1 Å². The minimum absolute atomic E-state index is 0.0101. The number of nitrogens with zero attached hydrogens (tertiary/aromatic N) is 3. The van der Waals surface area contributed by atoms with Crippen LogP contribution in [0.1, 0.15) is 25.1 Å². The van der Waals surface area contributed by atoms with Crippen molar-refractivity contribution in [2.75, 3.05) is 18.5 Å². The number of aromatic nitrogens is 3. The Morgan fingerprint density at radius 3 is 2.50 bits per heavy atom. The summed E-state index contributed by atoms with van der Waals surface area (Å²) in [7, 11) is 0. The van der Waals surface area contributed by atoms with Gasteiger partial charge in [-0.3, -0.25) is 0 Å². The smallest absolute Gasteiger partial charge is 0.210 e. The van der Waals surface area contributed by atoms with Gasteiger partial charge in [-0.15, -0.1) is 5.10 Å². The van der Waals surface area contributed by atoms with Gasteiger partial charge >= 0.3 is 0 Å². The van der Waals surface area contributed by atoms with Crippen molar-refractivity contribution in [3.05, 3.63) is 53.9 Å². The van der Waals surface area contributed by atoms with Crippen molar-refractivity contribution in [3.8, 4) is 5.88 Å². The Morgan fingerprint density at radius 2 is 1.82 bits per heavy atom. The van der Waals surface area contributed by atoms with E-state index in [0.29, 0.717) is 25.6 Å². The molecule has 3 heterocycles. The summed E-state index contributed by atoms with van der Waals surface area (Å²) in [5.74, 6) is 1.06. The molecule has 146 valence electrons. The largest absolute Gasteiger partial charge is 0.493 e. The maximum Gasteiger partial charge on any atom is 0.210 e. The van der Waals surface area contributed by atoms with Gasteiger partial charge in [0.1, 0.15) is 0 Å². The molecule has 0 aliphatic carbocycles. The second kappa shape index (κ2) is 8.08. The lowest BCUT2D eigenvalue weighted by molar-refractivity contribution is -0.202. The minimum atomic E-state index is -0.151. The predicted molar refractivity (Wildman–Crippen MR) is 106 cm³/mol. The van der Waals surface area contributed by atoms with E-state index in [4.69, 9.17) is 9.47 Å². The Labute approximate surface area is 163 Å². The average molecular weight is 380 g/mol. The van der Waals surface area contributed by atoms with Gasteiger partial charge in [-0.25, -0.2) is 4.98 Å². The molecule has 0 atom stereocenters. The number of anilines is 1. The van der Waals surface area contributed by atoms with Crippen molar-refractivity contribution in [3.63, 3.8) is 0 Å². The maximum absolute atomic E-state index is 9.37. The molecule has 0 saturated carbocycles. The number of aromatic hydroxyl groups is 1. The molecule has 1 fully saturated rings. The first kappa shape index (κ1) is 18.6. The molecule has 2 N–H and O–H groups in total. The number of fused-ring (bicyclic) bond motifs is 1. The molecule has 28 heavy (non-hydrogen) atoms. The van der Waals surface area contributed by atoms with E-state index in [0.717, 1.165) is 27.8 Å². The van der Waals surface area contributed by atoms with E-state index in [1.54, 1.807) is 12.3 Å². The van der Waals surface area contributed by atoms with Crippen molar-refractivity contribution >= 4 is 16.6 Å². The SMILES string of the molecule is CC(C)C1OCC(Nc2nnc(Cc3ccc(O)nc3)c3ccccc23)CO1. The van der Waals surface area contributed by atoms with Crippen molar-refractivity contribution in [2.45, 2.75) is 32.6 Å². The lowest BCUT2D eigenvalue weighted by Crippen LogP contribution is -2.42. The molecule has 7 heteroatoms. The van der Waals surface area contributed by atoms with Crippen LogP contribution in [0.3, 0.4) is 0 Å². The molecule has 1 aliphatic rings. The third-order valence-electron chi connectivity index (χ3n) is 4.75. The van der Waals surface area contributed by atoms with E-state index in [-0.39, 0.29) is 18.2 Å². The highest BCUT2D eigenvalue weighted by Crippen LogP contribution is 2.26. The molecule has 1 aliphatic heterocycles. The number of benzene rings is 1. The lowest BCUT2D eigenvalue weighted by atomic mass is 10.1. The summed E-state index contributed by atoms with van der Waals surface area (Å²) in [6.45, 7) is 5.30. The number of ether oxygens (including phenoxy) is 2. The standard InChI is InChI=1S/C21H24N4O3/c1-13(2)21-27-11-15(12-28-21)23-20-17-6-4-3-5-16(17)18(24-25-20)9-14-7-8-19(26)22-10-14/h3-8,10,13,15,21H,9,11-12H2,1-2H3,(H,22,26)(H,23,25). The molecule has 7 nitrogen and oxygen atoms in total. The first-order chi connectivity index (χ1) is 13.6. The summed E-state index contributed by atoms with van der Waals surface area (Å²) in [4.78, 5) is 3.94. The molecular weight excluding hydrogens is 356 g/mol. The van der Waals surface area contributed by atoms with Gasteiger partial charge in [-0.05, 0) is 5.56 Å². The van der Waals surface area contributed by atoms with Crippen LogP contribution in [0.4, 0.5) is 5.82 Å². The van der Waals surface area contributed by atoms with Gasteiger partial charge in [0.25, 0.3) is 0 Å². The van der Waals surface area contributed by atoms with Crippen molar-refractivity contribution in [1.29, 1.82) is 0 Å². The number of hydrogen-bond acceptors (Lipinski definition) is 7. The van der Waals surface area contributed by atoms with Crippen LogP contribution < -0.4 is 5.32 Å². The lowest BCUT2D eigenvalue weighted by Gasteiger charge is -2.32. The summed E-state index contributed by atoms with van der Waals surface area (Å²) in [6, 6.07) is 11.5. The molecule has 0 amide bonds. The van der Waals surface area contributed by atoms with Gasteiger partial charge in [-0.2, -0.15) is 5.10 Å². The fourth-order valence-corrected chi connectivity index (χ4v) is 3.29. The van der Waals surface area contributed by atoms with Crippen LogP contribution in [0.25, 0.3) is 10.8 Å². The number of nitrogens with one attached hydrogen (secondary N) is 1. The topological polar surface area (TPSA) is 89.4 Å². The van der Waals surface area contributed by atoms with Crippen LogP contribution in [0.5, 0.6) is 5.88 Å². The van der Waals surface area contributed by atoms with E-state index < -0.39 is 0 Å². The summed E-state index contributed by atoms with van der Waals surface area (Å²) in [5, 5.41) is 23.7. The normalized spacial score (nSPS) is 19.8. The van der Waals surface area contributed by atoms with E-state index in [2.05, 4.69) is 34.3 Å². The van der Waals surface area contributed by atoms with Crippen LogP contribution in [0.15, 0.2) is 42.6 Å². The molecule has 1 saturated heterocycles. The van der Waals surface area contributed by atoms with Gasteiger partial charge < -0.3 is 19.9 Å². The summed E-state index contributed by atoms with van der Waals surface area (Å²) in [5.41, 5.74) is 1.83. The summed E-state index contributed by atoms with van der Waals surface area (Å²) in [6.07, 6.45) is 2.09. The molecule has 0 spiro atoms. The summed E-state index contributed by atoms with van der Waals surface area (Å²) < 4.78 is 11.6. The van der Waals surface area contributed by atoms with E-state index in [9.17, 15) is 5.11 Å². The van der Waals surface area contributed by atoms with Gasteiger partial charge in [0.05, 0.1) is 24.9 Å². The minimum Gasteiger partial charge on any atom is -0.493 e. The fourth-order valence-electron chi connectivity index (χ4n) is 3.29. The highest BCUT2D eigenvalue weighted by atomic mass is 16.7. The molecule has 0 unspecified atom stereocenters. The number of pyridine rings is 1. The molecule has 4 rings (SSSR count). The molecule has 2 aromatic heterocycles. The first-order valence-electron chi connectivity index (χ1n) is 9.48. The Balaban J connectivity index is 1.55. The third kappa shape index (κ3) is 4.05. The zero-order valence-electron chi connectivity index (χ0n) is 16.0. The maximum atomic E-state index is 9.37. The van der Waals surface area contributed by atoms with Crippen LogP contribution in [0, 0.1) is 5.92 Å². The molecular formula is C21H24N4O3. The zero-order chi connectivity index (χ0) is 19.5. The zero-order valence-corrected chi connectivity index (χ0v) is 16.0. The van der Waals surface area contributed by atoms with Crippen LogP contribution in [-0.4, -0.2) is 45.8 Å². The molecule has 1 aromatic carbocycles. The van der Waals surface area contributed by atoms with Crippen molar-refractivity contribution < 1.29 is 14.6 Å². The Kier molecular flexibility index (Phi) is 5.36. The van der Waals surface area contributed by atoms with Crippen LogP contribution in [0.2, 0.25) is 0 Å². The average Bonchev–Trinajstić information content (AvgIpc) is 2.72. The van der Waals surface area contributed by atoms with Crippen molar-refractivity contribution in [1.82, 2.24) is 15.2 Å². The van der Waals surface area contributed by atoms with E-state index in [1.807, 2.05) is 30.3 Å². The Hall–Kier alpha value is -2.77. The molecule has 3 aromatic rings. The van der Waals surface area contributed by atoms with Crippen LogP contribution >= 0.6 is 0 Å². The molecule has 0 radical (unpaired) electrons. The predicted octanol–water partition coefficient (Wildman–Crippen LogP) is 3.13. The van der Waals surface area contributed by atoms with Crippen LogP contribution in [-0.2, 0) is 15.9 Å². The van der Waals surface area contributed by atoms with Crippen molar-refractivity contribution in [2.24, 2.45) is 5.92 Å². The number of rotatable bonds is 5. The quantitative estimate of drug-likeness (QED) is 0.703. The second-order valence-corrected chi connectivity index (χ2v) is 7.36. The Bertz CT molecular complexity index is 938.